The average Bonchev–Trinajstić information content (AvgIpc) is 3.69. The number of hydrogen-bond acceptors (Lipinski definition) is 8. The zero-order chi connectivity index (χ0) is 28.0. The second kappa shape index (κ2) is 11.5. The SMILES string of the molecule is O=C1C[C@@H]2O[C@H](CNC(=O)[C@@H]3CN(CCN3C(=O)C3CC3)C(=O)[C@@H]3C[C@@H](CN3CC3CCCCC3)N1)[C@@H](O)[C@H]2O. The number of piperazine rings is 1. The fourth-order valence-corrected chi connectivity index (χ4v) is 7.37. The molecule has 7 atom stereocenters. The first-order valence-electron chi connectivity index (χ1n) is 15.2. The number of fused-ring (bicyclic) bond motifs is 6. The summed E-state index contributed by atoms with van der Waals surface area (Å²) in [6.45, 7) is 2.04. The summed E-state index contributed by atoms with van der Waals surface area (Å²) in [5.41, 5.74) is 0. The number of nitrogens with one attached hydrogen (secondary N) is 2. The summed E-state index contributed by atoms with van der Waals surface area (Å²) in [4.78, 5) is 59.1. The molecule has 6 rings (SSSR count). The monoisotopic (exact) mass is 561 g/mol. The molecule has 6 aliphatic rings. The molecule has 6 fully saturated rings. The summed E-state index contributed by atoms with van der Waals surface area (Å²) >= 11 is 0. The van der Waals surface area contributed by atoms with Gasteiger partial charge in [0.2, 0.25) is 23.6 Å². The van der Waals surface area contributed by atoms with Crippen LogP contribution in [0.4, 0.5) is 0 Å². The van der Waals surface area contributed by atoms with Crippen LogP contribution in [0.25, 0.3) is 0 Å². The standard InChI is InChI=1S/C28H43N5O7/c34-23-11-21-24(35)25(36)22(40-21)12-29-26(37)20-15-31(8-9-33(20)27(38)17-6-7-17)28(39)19-10-18(30-23)14-32(19)13-16-4-2-1-3-5-16/h16-22,24-25,35-36H,1-15H2,(H,29,37)(H,30,34)/t18-,19-,20-,21-,22+,24-,25+/m0/s1. The van der Waals surface area contributed by atoms with Gasteiger partial charge in [0.25, 0.3) is 0 Å². The summed E-state index contributed by atoms with van der Waals surface area (Å²) in [6, 6.07) is -1.47. The molecule has 4 amide bonds. The topological polar surface area (TPSA) is 152 Å². The maximum atomic E-state index is 14.0. The highest BCUT2D eigenvalue weighted by Gasteiger charge is 2.48. The van der Waals surface area contributed by atoms with Gasteiger partial charge in [0.1, 0.15) is 24.4 Å². The zero-order valence-corrected chi connectivity index (χ0v) is 23.1. The number of aliphatic hydroxyl groups excluding tert-OH is 2. The molecule has 4 heterocycles. The molecular weight excluding hydrogens is 518 g/mol. The van der Waals surface area contributed by atoms with E-state index in [4.69, 9.17) is 4.74 Å². The van der Waals surface area contributed by atoms with E-state index >= 15 is 0 Å². The van der Waals surface area contributed by atoms with Crippen molar-refractivity contribution >= 4 is 23.6 Å². The molecule has 2 aliphatic carbocycles. The van der Waals surface area contributed by atoms with Gasteiger partial charge in [-0.15, -0.1) is 0 Å². The zero-order valence-electron chi connectivity index (χ0n) is 23.1. The van der Waals surface area contributed by atoms with E-state index in [9.17, 15) is 29.4 Å². The average molecular weight is 562 g/mol. The van der Waals surface area contributed by atoms with Gasteiger partial charge < -0.3 is 35.4 Å². The molecular formula is C28H43N5O7. The molecule has 0 aromatic carbocycles. The first-order chi connectivity index (χ1) is 19.3. The quantitative estimate of drug-likeness (QED) is 0.328. The van der Waals surface area contributed by atoms with E-state index in [1.165, 1.54) is 19.3 Å². The van der Waals surface area contributed by atoms with Gasteiger partial charge in [0.15, 0.2) is 0 Å². The molecule has 0 unspecified atom stereocenters. The van der Waals surface area contributed by atoms with E-state index in [-0.39, 0.29) is 55.7 Å². The van der Waals surface area contributed by atoms with Gasteiger partial charge in [-0.05, 0) is 38.0 Å². The number of carbonyl (C=O) groups is 4. The van der Waals surface area contributed by atoms with Crippen LogP contribution in [0.5, 0.6) is 0 Å². The van der Waals surface area contributed by atoms with Gasteiger partial charge in [-0.1, -0.05) is 19.3 Å². The first kappa shape index (κ1) is 27.9. The Bertz CT molecular complexity index is 1000. The minimum Gasteiger partial charge on any atom is -0.388 e. The lowest BCUT2D eigenvalue weighted by Gasteiger charge is -2.42. The maximum absolute atomic E-state index is 14.0. The number of amides is 4. The molecule has 0 radical (unpaired) electrons. The summed E-state index contributed by atoms with van der Waals surface area (Å²) in [6.07, 6.45) is 3.58. The van der Waals surface area contributed by atoms with Crippen molar-refractivity contribution in [3.63, 3.8) is 0 Å². The molecule has 6 bridgehead atoms. The Kier molecular flexibility index (Phi) is 8.04. The highest BCUT2D eigenvalue weighted by atomic mass is 16.5. The van der Waals surface area contributed by atoms with Gasteiger partial charge in [-0.25, -0.2) is 0 Å². The fourth-order valence-electron chi connectivity index (χ4n) is 7.37. The number of likely N-dealkylation sites (tertiary alicyclic amines) is 1. The number of carbonyl (C=O) groups excluding carboxylic acids is 4. The molecule has 222 valence electrons. The van der Waals surface area contributed by atoms with Crippen molar-refractivity contribution < 1.29 is 34.1 Å². The third kappa shape index (κ3) is 5.73. The molecule has 4 aliphatic heterocycles. The van der Waals surface area contributed by atoms with E-state index in [1.807, 2.05) is 0 Å². The Hall–Kier alpha value is -2.28. The van der Waals surface area contributed by atoms with Crippen molar-refractivity contribution in [2.24, 2.45) is 11.8 Å². The smallest absolute Gasteiger partial charge is 0.244 e. The van der Waals surface area contributed by atoms with Crippen LogP contribution in [-0.2, 0) is 23.9 Å². The minimum atomic E-state index is -1.26. The molecule has 12 heteroatoms. The highest BCUT2D eigenvalue weighted by Crippen LogP contribution is 2.33. The Labute approximate surface area is 234 Å². The lowest BCUT2D eigenvalue weighted by molar-refractivity contribution is -0.151. The van der Waals surface area contributed by atoms with Gasteiger partial charge in [0.05, 0.1) is 25.1 Å². The minimum absolute atomic E-state index is 0.0446. The van der Waals surface area contributed by atoms with Gasteiger partial charge in [0, 0.05) is 44.7 Å². The van der Waals surface area contributed by atoms with E-state index in [0.29, 0.717) is 25.4 Å². The van der Waals surface area contributed by atoms with Crippen LogP contribution in [0.15, 0.2) is 0 Å². The first-order valence-corrected chi connectivity index (χ1v) is 15.2. The van der Waals surface area contributed by atoms with Gasteiger partial charge in [-0.3, -0.25) is 24.1 Å². The van der Waals surface area contributed by atoms with Crippen LogP contribution in [0.3, 0.4) is 0 Å². The van der Waals surface area contributed by atoms with Crippen LogP contribution in [0, 0.1) is 11.8 Å². The number of hydrogen-bond donors (Lipinski definition) is 4. The summed E-state index contributed by atoms with van der Waals surface area (Å²) in [5.74, 6) is -0.345. The molecule has 0 aromatic heterocycles. The van der Waals surface area contributed by atoms with Crippen molar-refractivity contribution in [2.45, 2.75) is 100 Å². The summed E-state index contributed by atoms with van der Waals surface area (Å²) < 4.78 is 5.82. The van der Waals surface area contributed by atoms with Crippen LogP contribution in [0.2, 0.25) is 0 Å². The Balaban J connectivity index is 1.26. The van der Waals surface area contributed by atoms with Crippen LogP contribution < -0.4 is 10.6 Å². The third-order valence-corrected chi connectivity index (χ3v) is 9.80. The van der Waals surface area contributed by atoms with Crippen LogP contribution in [0.1, 0.15) is 57.8 Å². The lowest BCUT2D eigenvalue weighted by Crippen LogP contribution is -2.63. The van der Waals surface area contributed by atoms with Crippen molar-refractivity contribution in [1.82, 2.24) is 25.3 Å². The highest BCUT2D eigenvalue weighted by molar-refractivity contribution is 5.91. The third-order valence-electron chi connectivity index (χ3n) is 9.80. The predicted octanol–water partition coefficient (Wildman–Crippen LogP) is -1.42. The van der Waals surface area contributed by atoms with Crippen LogP contribution >= 0.6 is 0 Å². The van der Waals surface area contributed by atoms with Crippen molar-refractivity contribution in [2.75, 3.05) is 39.3 Å². The maximum Gasteiger partial charge on any atom is 0.244 e. The molecule has 2 saturated carbocycles. The second-order valence-electron chi connectivity index (χ2n) is 12.7. The Morgan fingerprint density at radius 1 is 0.925 bits per heavy atom. The lowest BCUT2D eigenvalue weighted by atomic mass is 9.89. The van der Waals surface area contributed by atoms with Crippen molar-refractivity contribution in [3.05, 3.63) is 0 Å². The number of aliphatic hydroxyl groups is 2. The normalized spacial score (nSPS) is 38.4. The predicted molar refractivity (Wildman–Crippen MR) is 142 cm³/mol. The van der Waals surface area contributed by atoms with Gasteiger partial charge >= 0.3 is 0 Å². The van der Waals surface area contributed by atoms with E-state index in [1.54, 1.807) is 9.80 Å². The van der Waals surface area contributed by atoms with Crippen molar-refractivity contribution in [3.8, 4) is 0 Å². The second-order valence-corrected chi connectivity index (χ2v) is 12.7. The number of ether oxygens (including phenoxy) is 1. The van der Waals surface area contributed by atoms with E-state index in [0.717, 1.165) is 32.2 Å². The molecule has 40 heavy (non-hydrogen) atoms. The van der Waals surface area contributed by atoms with E-state index in [2.05, 4.69) is 15.5 Å². The summed E-state index contributed by atoms with van der Waals surface area (Å²) in [7, 11) is 0. The molecule has 4 N–H and O–H groups in total. The van der Waals surface area contributed by atoms with E-state index < -0.39 is 42.4 Å². The molecule has 0 spiro atoms. The van der Waals surface area contributed by atoms with Crippen LogP contribution in [-0.4, -0.2) is 130 Å². The van der Waals surface area contributed by atoms with Gasteiger partial charge in [-0.2, -0.15) is 0 Å². The Morgan fingerprint density at radius 2 is 1.68 bits per heavy atom. The van der Waals surface area contributed by atoms with Crippen molar-refractivity contribution in [1.29, 1.82) is 0 Å². The number of rotatable bonds is 3. The molecule has 0 aromatic rings. The molecule has 12 nitrogen and oxygen atoms in total. The largest absolute Gasteiger partial charge is 0.388 e. The molecule has 4 saturated heterocycles. The Morgan fingerprint density at radius 3 is 2.42 bits per heavy atom. The number of nitrogens with zero attached hydrogens (tertiary/aromatic N) is 3. The fraction of sp³-hybridized carbons (Fsp3) is 0.857. The summed E-state index contributed by atoms with van der Waals surface area (Å²) in [5, 5.41) is 27.0.